The summed E-state index contributed by atoms with van der Waals surface area (Å²) < 4.78 is 5.36. The maximum Gasteiger partial charge on any atom is 0.258 e. The van der Waals surface area contributed by atoms with Crippen molar-refractivity contribution in [2.45, 2.75) is 65.1 Å². The number of nitrogens with one attached hydrogen (secondary N) is 1. The van der Waals surface area contributed by atoms with Crippen LogP contribution in [0, 0.1) is 0 Å². The van der Waals surface area contributed by atoms with Crippen molar-refractivity contribution in [1.29, 1.82) is 0 Å². The van der Waals surface area contributed by atoms with Crippen LogP contribution >= 0.6 is 0 Å². The van der Waals surface area contributed by atoms with Gasteiger partial charge in [-0.25, -0.2) is 0 Å². The number of ether oxygens (including phenoxy) is 1. The Labute approximate surface area is 224 Å². The number of methoxy groups -OCH3 is 1. The van der Waals surface area contributed by atoms with Crippen molar-refractivity contribution in [1.82, 2.24) is 10.2 Å². The summed E-state index contributed by atoms with van der Waals surface area (Å²) in [4.78, 5) is 43.4. The van der Waals surface area contributed by atoms with Crippen molar-refractivity contribution in [3.8, 4) is 5.75 Å². The molecular weight excluding hydrogens is 478 g/mol. The van der Waals surface area contributed by atoms with Gasteiger partial charge in [-0.15, -0.1) is 0 Å². The van der Waals surface area contributed by atoms with E-state index in [1.807, 2.05) is 88.4 Å². The summed E-state index contributed by atoms with van der Waals surface area (Å²) in [6, 6.07) is 18.6. The number of nitrogens with zero attached hydrogens (tertiary/aromatic N) is 2. The van der Waals surface area contributed by atoms with Crippen molar-refractivity contribution in [2.75, 3.05) is 18.6 Å². The molecular formula is C31H37N3O4. The van der Waals surface area contributed by atoms with Gasteiger partial charge < -0.3 is 19.9 Å². The zero-order valence-corrected chi connectivity index (χ0v) is 22.9. The van der Waals surface area contributed by atoms with Crippen molar-refractivity contribution in [3.63, 3.8) is 0 Å². The standard InChI is InChI=1S/C31H37N3O4/c1-6-25(29(36)32-31(2,3)4)34(20-21-11-7-14-23(19-21)38-5)27(35)17-10-18-33-26-16-9-13-22-12-8-15-24(28(22)26)30(33)37/h7-9,11-16,19,25H,6,10,17-18,20H2,1-5H3,(H,32,36)/t25-/m0/s1. The largest absolute Gasteiger partial charge is 0.497 e. The van der Waals surface area contributed by atoms with E-state index in [1.54, 1.807) is 16.9 Å². The van der Waals surface area contributed by atoms with Gasteiger partial charge in [0.2, 0.25) is 11.8 Å². The molecule has 1 N–H and O–H groups in total. The molecule has 7 heteroatoms. The minimum absolute atomic E-state index is 0.0338. The average molecular weight is 516 g/mol. The van der Waals surface area contributed by atoms with Crippen LogP contribution in [0.25, 0.3) is 10.8 Å². The van der Waals surface area contributed by atoms with E-state index in [2.05, 4.69) is 5.32 Å². The number of anilines is 1. The maximum atomic E-state index is 13.6. The lowest BCUT2D eigenvalue weighted by Gasteiger charge is -2.33. The second-order valence-corrected chi connectivity index (χ2v) is 10.8. The summed E-state index contributed by atoms with van der Waals surface area (Å²) in [7, 11) is 1.60. The maximum absolute atomic E-state index is 13.6. The zero-order valence-electron chi connectivity index (χ0n) is 22.9. The molecule has 0 unspecified atom stereocenters. The summed E-state index contributed by atoms with van der Waals surface area (Å²) in [5, 5.41) is 5.03. The Morgan fingerprint density at radius 1 is 1.05 bits per heavy atom. The molecule has 0 saturated heterocycles. The van der Waals surface area contributed by atoms with E-state index in [-0.39, 0.29) is 24.1 Å². The molecule has 0 fully saturated rings. The summed E-state index contributed by atoms with van der Waals surface area (Å²) in [6.45, 7) is 8.42. The number of benzene rings is 3. The molecule has 0 bridgehead atoms. The van der Waals surface area contributed by atoms with Gasteiger partial charge in [-0.1, -0.05) is 43.3 Å². The summed E-state index contributed by atoms with van der Waals surface area (Å²) >= 11 is 0. The Morgan fingerprint density at radius 2 is 1.76 bits per heavy atom. The van der Waals surface area contributed by atoms with Gasteiger partial charge in [-0.3, -0.25) is 14.4 Å². The fraction of sp³-hybridized carbons (Fsp3) is 0.387. The molecule has 0 spiro atoms. The molecule has 1 aliphatic heterocycles. The van der Waals surface area contributed by atoms with Crippen LogP contribution in [0.2, 0.25) is 0 Å². The average Bonchev–Trinajstić information content (AvgIpc) is 3.15. The number of amides is 3. The molecule has 38 heavy (non-hydrogen) atoms. The first-order valence-corrected chi connectivity index (χ1v) is 13.2. The SMILES string of the molecule is CC[C@@H](C(=O)NC(C)(C)C)N(Cc1cccc(OC)c1)C(=O)CCCN1C(=O)c2cccc3cccc1c23. The minimum Gasteiger partial charge on any atom is -0.497 e. The van der Waals surface area contributed by atoms with Gasteiger partial charge in [0.15, 0.2) is 0 Å². The van der Waals surface area contributed by atoms with E-state index >= 15 is 0 Å². The van der Waals surface area contributed by atoms with Crippen molar-refractivity contribution in [2.24, 2.45) is 0 Å². The van der Waals surface area contributed by atoms with Crippen LogP contribution in [0.3, 0.4) is 0 Å². The Morgan fingerprint density at radius 3 is 2.45 bits per heavy atom. The van der Waals surface area contributed by atoms with Gasteiger partial charge in [-0.05, 0) is 68.8 Å². The molecule has 0 aromatic heterocycles. The quantitative estimate of drug-likeness (QED) is 0.397. The molecule has 4 rings (SSSR count). The minimum atomic E-state index is -0.612. The molecule has 1 heterocycles. The zero-order chi connectivity index (χ0) is 27.4. The Bertz CT molecular complexity index is 1340. The van der Waals surface area contributed by atoms with Crippen LogP contribution in [-0.4, -0.2) is 47.9 Å². The van der Waals surface area contributed by atoms with Crippen LogP contribution < -0.4 is 15.0 Å². The smallest absolute Gasteiger partial charge is 0.258 e. The summed E-state index contributed by atoms with van der Waals surface area (Å²) in [5.41, 5.74) is 2.06. The van der Waals surface area contributed by atoms with Gasteiger partial charge in [0.05, 0.1) is 12.8 Å². The lowest BCUT2D eigenvalue weighted by Crippen LogP contribution is -2.53. The predicted octanol–water partition coefficient (Wildman–Crippen LogP) is 5.31. The number of rotatable bonds is 10. The van der Waals surface area contributed by atoms with E-state index in [4.69, 9.17) is 4.74 Å². The lowest BCUT2D eigenvalue weighted by atomic mass is 10.0. The number of hydrogen-bond acceptors (Lipinski definition) is 4. The Balaban J connectivity index is 1.51. The van der Waals surface area contributed by atoms with Crippen molar-refractivity contribution < 1.29 is 19.1 Å². The summed E-state index contributed by atoms with van der Waals surface area (Å²) in [5.74, 6) is 0.371. The van der Waals surface area contributed by atoms with E-state index in [0.29, 0.717) is 37.2 Å². The van der Waals surface area contributed by atoms with Crippen LogP contribution in [0.4, 0.5) is 5.69 Å². The number of hydrogen-bond donors (Lipinski definition) is 1. The van der Waals surface area contributed by atoms with E-state index < -0.39 is 11.6 Å². The summed E-state index contributed by atoms with van der Waals surface area (Å²) in [6.07, 6.45) is 1.19. The first-order chi connectivity index (χ1) is 18.1. The third-order valence-corrected chi connectivity index (χ3v) is 6.79. The molecule has 1 atom stereocenters. The third kappa shape index (κ3) is 5.82. The van der Waals surface area contributed by atoms with Crippen molar-refractivity contribution in [3.05, 3.63) is 71.8 Å². The molecule has 200 valence electrons. The first kappa shape index (κ1) is 27.2. The highest BCUT2D eigenvalue weighted by molar-refractivity contribution is 6.25. The molecule has 3 aromatic rings. The van der Waals surface area contributed by atoms with Crippen LogP contribution in [0.5, 0.6) is 5.75 Å². The highest BCUT2D eigenvalue weighted by Gasteiger charge is 2.32. The second kappa shape index (κ2) is 11.3. The Kier molecular flexibility index (Phi) is 8.05. The van der Waals surface area contributed by atoms with Crippen LogP contribution in [0.15, 0.2) is 60.7 Å². The molecule has 0 saturated carbocycles. The highest BCUT2D eigenvalue weighted by Crippen LogP contribution is 2.37. The highest BCUT2D eigenvalue weighted by atomic mass is 16.5. The van der Waals surface area contributed by atoms with E-state index in [1.165, 1.54) is 0 Å². The molecule has 3 aromatic carbocycles. The first-order valence-electron chi connectivity index (χ1n) is 13.2. The van der Waals surface area contributed by atoms with Gasteiger partial charge in [0.1, 0.15) is 11.8 Å². The second-order valence-electron chi connectivity index (χ2n) is 10.8. The fourth-order valence-corrected chi connectivity index (χ4v) is 5.07. The van der Waals surface area contributed by atoms with E-state index in [0.717, 1.165) is 22.0 Å². The molecule has 0 aliphatic carbocycles. The molecule has 3 amide bonds. The van der Waals surface area contributed by atoms with Crippen LogP contribution in [-0.2, 0) is 16.1 Å². The van der Waals surface area contributed by atoms with Gasteiger partial charge >= 0.3 is 0 Å². The number of carbonyl (C=O) groups is 3. The third-order valence-electron chi connectivity index (χ3n) is 6.79. The monoisotopic (exact) mass is 515 g/mol. The fourth-order valence-electron chi connectivity index (χ4n) is 5.07. The topological polar surface area (TPSA) is 79.0 Å². The lowest BCUT2D eigenvalue weighted by molar-refractivity contribution is -0.142. The van der Waals surface area contributed by atoms with E-state index in [9.17, 15) is 14.4 Å². The normalized spacial score (nSPS) is 13.5. The Hall–Kier alpha value is -3.87. The number of carbonyl (C=O) groups excluding carboxylic acids is 3. The van der Waals surface area contributed by atoms with Crippen molar-refractivity contribution >= 4 is 34.2 Å². The molecule has 7 nitrogen and oxygen atoms in total. The van der Waals surface area contributed by atoms with Gasteiger partial charge in [0.25, 0.3) is 5.91 Å². The molecule has 1 aliphatic rings. The van der Waals surface area contributed by atoms with Gasteiger partial charge in [-0.2, -0.15) is 0 Å². The van der Waals surface area contributed by atoms with Gasteiger partial charge in [0, 0.05) is 36.0 Å². The van der Waals surface area contributed by atoms with Crippen LogP contribution in [0.1, 0.15) is 62.9 Å². The predicted molar refractivity (Wildman–Crippen MR) is 150 cm³/mol. The molecule has 0 radical (unpaired) electrons.